The summed E-state index contributed by atoms with van der Waals surface area (Å²) in [6.07, 6.45) is 0. The van der Waals surface area contributed by atoms with Gasteiger partial charge in [0.25, 0.3) is 0 Å². The molecule has 3 aliphatic rings. The Morgan fingerprint density at radius 2 is 0.615 bits per heavy atom. The van der Waals surface area contributed by atoms with Crippen molar-refractivity contribution in [3.8, 4) is 11.1 Å². The SMILES string of the molecule is CC.CC.CC.CC1(C)OB(c2cc3ccccc3c3ccccc23)OC1(C)C.O=C1c2ccccc2C(=O)c2cc(-c3cc4ccccc4c4ccccc34)c(Br)cc21.O=C1c2ccccc2C(=O)c2cc(Br)c(Br)cc21. The highest BCUT2D eigenvalue weighted by Gasteiger charge is 2.52. The smallest absolute Gasteiger partial charge is 0.399 e. The summed E-state index contributed by atoms with van der Waals surface area (Å²) in [5.41, 5.74) is 6.09. The molecule has 1 heterocycles. The predicted molar refractivity (Wildman–Crippen MR) is 334 cm³/mol. The second-order valence-corrected chi connectivity index (χ2v) is 21.7. The van der Waals surface area contributed by atoms with Gasteiger partial charge < -0.3 is 9.31 Å². The van der Waals surface area contributed by atoms with E-state index in [1.807, 2.05) is 71.9 Å². The maximum atomic E-state index is 13.3. The molecule has 1 saturated heterocycles. The third kappa shape index (κ3) is 10.7. The van der Waals surface area contributed by atoms with Crippen LogP contribution in [0.15, 0.2) is 195 Å². The summed E-state index contributed by atoms with van der Waals surface area (Å²) in [7, 11) is -0.338. The van der Waals surface area contributed by atoms with Crippen LogP contribution in [0.1, 0.15) is 133 Å². The summed E-state index contributed by atoms with van der Waals surface area (Å²) in [5.74, 6) is -0.424. The molecule has 10 heteroatoms. The third-order valence-corrected chi connectivity index (χ3v) is 16.8. The zero-order chi connectivity index (χ0) is 56.2. The summed E-state index contributed by atoms with van der Waals surface area (Å²) in [4.78, 5) is 51.0. The number of hydrogen-bond acceptors (Lipinski definition) is 6. The van der Waals surface area contributed by atoms with Gasteiger partial charge in [-0.15, -0.1) is 0 Å². The van der Waals surface area contributed by atoms with Crippen LogP contribution in [0.25, 0.3) is 54.2 Å². The molecule has 0 atom stereocenters. The fraction of sp³-hybridized carbons (Fsp3) is 0.176. The van der Waals surface area contributed by atoms with E-state index >= 15 is 0 Å². The van der Waals surface area contributed by atoms with Crippen molar-refractivity contribution in [2.75, 3.05) is 0 Å². The first kappa shape index (κ1) is 57.5. The van der Waals surface area contributed by atoms with Crippen molar-refractivity contribution < 1.29 is 28.5 Å². The van der Waals surface area contributed by atoms with Gasteiger partial charge in [0, 0.05) is 57.9 Å². The van der Waals surface area contributed by atoms with Gasteiger partial charge in [-0.2, -0.15) is 0 Å². The molecule has 0 spiro atoms. The normalized spacial score (nSPS) is 14.1. The van der Waals surface area contributed by atoms with E-state index in [0.717, 1.165) is 46.2 Å². The molecule has 78 heavy (non-hydrogen) atoms. The molecule has 2 aliphatic carbocycles. The van der Waals surface area contributed by atoms with Crippen LogP contribution in [0.5, 0.6) is 0 Å². The molecule has 10 aromatic rings. The lowest BCUT2D eigenvalue weighted by atomic mass is 9.75. The van der Waals surface area contributed by atoms with E-state index in [0.29, 0.717) is 44.5 Å². The van der Waals surface area contributed by atoms with Crippen molar-refractivity contribution in [2.24, 2.45) is 0 Å². The van der Waals surface area contributed by atoms with Crippen LogP contribution in [0.3, 0.4) is 0 Å². The van der Waals surface area contributed by atoms with Crippen LogP contribution in [0, 0.1) is 0 Å². The van der Waals surface area contributed by atoms with E-state index in [4.69, 9.17) is 9.31 Å². The van der Waals surface area contributed by atoms with E-state index in [1.54, 1.807) is 66.7 Å². The molecule has 10 aromatic carbocycles. The number of benzene rings is 10. The number of fused-ring (bicyclic) bond motifs is 10. The second-order valence-electron chi connectivity index (χ2n) is 19.1. The molecular formula is C68H60BBr3O6. The summed E-state index contributed by atoms with van der Waals surface area (Å²) in [6.45, 7) is 20.4. The molecule has 0 unspecified atom stereocenters. The van der Waals surface area contributed by atoms with Gasteiger partial charge >= 0.3 is 7.12 Å². The monoisotopic (exact) mass is 1220 g/mol. The number of hydrogen-bond donors (Lipinski definition) is 0. The zero-order valence-corrected chi connectivity index (χ0v) is 50.2. The van der Waals surface area contributed by atoms with Gasteiger partial charge in [-0.05, 0) is 150 Å². The number of rotatable bonds is 2. The minimum atomic E-state index is -0.338. The highest BCUT2D eigenvalue weighted by atomic mass is 79.9. The molecule has 0 radical (unpaired) electrons. The Morgan fingerprint density at radius 3 is 1.04 bits per heavy atom. The van der Waals surface area contributed by atoms with Crippen LogP contribution < -0.4 is 5.46 Å². The van der Waals surface area contributed by atoms with Crippen molar-refractivity contribution in [3.05, 3.63) is 240 Å². The van der Waals surface area contributed by atoms with Gasteiger partial charge in [-0.1, -0.05) is 209 Å². The van der Waals surface area contributed by atoms with Crippen molar-refractivity contribution in [3.63, 3.8) is 0 Å². The predicted octanol–water partition coefficient (Wildman–Crippen LogP) is 18.6. The Kier molecular flexibility index (Phi) is 17.8. The topological polar surface area (TPSA) is 86.7 Å². The van der Waals surface area contributed by atoms with Gasteiger partial charge in [0.2, 0.25) is 0 Å². The lowest BCUT2D eigenvalue weighted by Gasteiger charge is -2.32. The Labute approximate surface area is 483 Å². The summed E-state index contributed by atoms with van der Waals surface area (Å²) in [5, 5.41) is 9.52. The maximum absolute atomic E-state index is 13.3. The Bertz CT molecular complexity index is 3900. The average Bonchev–Trinajstić information content (AvgIpc) is 3.79. The third-order valence-electron chi connectivity index (χ3n) is 14.3. The maximum Gasteiger partial charge on any atom is 0.495 e. The van der Waals surface area contributed by atoms with Crippen molar-refractivity contribution in [1.29, 1.82) is 0 Å². The van der Waals surface area contributed by atoms with Crippen LogP contribution in [0.4, 0.5) is 0 Å². The summed E-state index contributed by atoms with van der Waals surface area (Å²) < 4.78 is 14.9. The van der Waals surface area contributed by atoms with Crippen molar-refractivity contribution >= 4 is 127 Å². The fourth-order valence-corrected chi connectivity index (χ4v) is 11.2. The standard InChI is InChI=1S/C28H15BrO2.C20H21BO2.C14H6Br2O2.3C2H6/c29-26-15-25-24(27(30)20-11-5-6-12-21(20)28(25)31)14-23(26)22-13-16-7-1-2-8-17(16)18-9-3-4-10-19(18)22;1-19(2)20(3,4)23-21(22-19)18-13-14-9-5-6-10-15(14)16-11-7-8-12-17(16)18;15-11-5-9-10(6-12(11)16)14(18)8-4-2-1-3-7(8)13(9)17;3*1-2/h1-15H;5-13H,1-4H3;1-6H;3*1-2H3. The lowest BCUT2D eigenvalue weighted by Crippen LogP contribution is -2.41. The van der Waals surface area contributed by atoms with Gasteiger partial charge in [0.15, 0.2) is 23.1 Å². The van der Waals surface area contributed by atoms with E-state index < -0.39 is 0 Å². The number of ketones is 4. The van der Waals surface area contributed by atoms with Crippen LogP contribution in [-0.4, -0.2) is 41.5 Å². The second kappa shape index (κ2) is 24.2. The van der Waals surface area contributed by atoms with Crippen molar-refractivity contribution in [2.45, 2.75) is 80.4 Å². The van der Waals surface area contributed by atoms with Crippen LogP contribution in [0.2, 0.25) is 0 Å². The Hall–Kier alpha value is -6.66. The Morgan fingerprint density at radius 1 is 0.308 bits per heavy atom. The molecule has 0 amide bonds. The molecule has 6 nitrogen and oxygen atoms in total. The van der Waals surface area contributed by atoms with E-state index in [1.165, 1.54) is 26.9 Å². The fourth-order valence-electron chi connectivity index (χ4n) is 9.94. The van der Waals surface area contributed by atoms with E-state index in [9.17, 15) is 19.2 Å². The molecule has 0 aromatic heterocycles. The Balaban J connectivity index is 0.000000152. The van der Waals surface area contributed by atoms with E-state index in [-0.39, 0.29) is 41.5 Å². The first-order valence-electron chi connectivity index (χ1n) is 26.5. The van der Waals surface area contributed by atoms with Gasteiger partial charge in [0.05, 0.1) is 11.2 Å². The quantitative estimate of drug-likeness (QED) is 0.127. The average molecular weight is 1220 g/mol. The molecule has 392 valence electrons. The largest absolute Gasteiger partial charge is 0.495 e. The molecule has 13 rings (SSSR count). The molecule has 0 bridgehead atoms. The minimum Gasteiger partial charge on any atom is -0.399 e. The van der Waals surface area contributed by atoms with Gasteiger partial charge in [0.1, 0.15) is 0 Å². The first-order chi connectivity index (χ1) is 37.6. The highest BCUT2D eigenvalue weighted by Crippen LogP contribution is 2.42. The lowest BCUT2D eigenvalue weighted by molar-refractivity contribution is 0.00578. The molecular weight excluding hydrogens is 1160 g/mol. The first-order valence-corrected chi connectivity index (χ1v) is 28.9. The van der Waals surface area contributed by atoms with Crippen LogP contribution in [-0.2, 0) is 9.31 Å². The number of carbonyl (C=O) groups excluding carboxylic acids is 4. The zero-order valence-electron chi connectivity index (χ0n) is 45.5. The molecule has 0 N–H and O–H groups in total. The number of halogens is 3. The molecule has 1 fully saturated rings. The summed E-state index contributed by atoms with van der Waals surface area (Å²) in [6, 6.07) is 58.9. The minimum absolute atomic E-state index is 0.103. The van der Waals surface area contributed by atoms with Gasteiger partial charge in [-0.25, -0.2) is 0 Å². The van der Waals surface area contributed by atoms with Gasteiger partial charge in [-0.3, -0.25) is 19.2 Å². The van der Waals surface area contributed by atoms with Crippen LogP contribution >= 0.6 is 47.8 Å². The van der Waals surface area contributed by atoms with Crippen molar-refractivity contribution in [1.82, 2.24) is 0 Å². The molecule has 0 saturated carbocycles. The molecule has 1 aliphatic heterocycles. The highest BCUT2D eigenvalue weighted by molar-refractivity contribution is 9.13. The van der Waals surface area contributed by atoms with E-state index in [2.05, 4.69) is 160 Å². The number of carbonyl (C=O) groups is 4. The summed E-state index contributed by atoms with van der Waals surface area (Å²) >= 11 is 10.4.